The van der Waals surface area contributed by atoms with Gasteiger partial charge < -0.3 is 10.2 Å². The fourth-order valence-corrected chi connectivity index (χ4v) is 4.73. The molecule has 2 aliphatic rings. The van der Waals surface area contributed by atoms with Gasteiger partial charge in [-0.25, -0.2) is 0 Å². The molecule has 2 heterocycles. The molecule has 0 spiro atoms. The van der Waals surface area contributed by atoms with E-state index < -0.39 is 0 Å². The molecule has 1 aliphatic carbocycles. The normalized spacial score (nSPS) is 22.4. The standard InChI is InChI=1S/C18H28N4O2S/c1-18(2,3)10-14-20-21-17(25-14)19-16(24)12-9-15(23)22(11-12)13-7-5-4-6-8-13/h12-13H,4-11H2,1-3H3,(H,19,21,24)/t12-/m0/s1. The van der Waals surface area contributed by atoms with Crippen LogP contribution in [0.25, 0.3) is 0 Å². The van der Waals surface area contributed by atoms with Crippen molar-refractivity contribution in [1.29, 1.82) is 0 Å². The lowest BCUT2D eigenvalue weighted by atomic mass is 9.93. The molecule has 1 aromatic heterocycles. The molecule has 1 aliphatic heterocycles. The Morgan fingerprint density at radius 1 is 1.24 bits per heavy atom. The zero-order valence-electron chi connectivity index (χ0n) is 15.4. The Bertz CT molecular complexity index is 631. The van der Waals surface area contributed by atoms with Crippen LogP contribution in [0, 0.1) is 11.3 Å². The van der Waals surface area contributed by atoms with Crippen LogP contribution in [0.4, 0.5) is 5.13 Å². The molecule has 1 aromatic rings. The second-order valence-electron chi connectivity index (χ2n) is 8.47. The maximum atomic E-state index is 12.5. The fraction of sp³-hybridized carbons (Fsp3) is 0.778. The molecule has 2 amide bonds. The molecule has 2 fully saturated rings. The van der Waals surface area contributed by atoms with Gasteiger partial charge in [0, 0.05) is 25.4 Å². The van der Waals surface area contributed by atoms with Gasteiger partial charge in [0.25, 0.3) is 0 Å². The number of aromatic nitrogens is 2. The highest BCUT2D eigenvalue weighted by atomic mass is 32.1. The van der Waals surface area contributed by atoms with Gasteiger partial charge in [0.1, 0.15) is 5.01 Å². The average Bonchev–Trinajstić information content (AvgIpc) is 3.13. The minimum atomic E-state index is -0.274. The molecule has 1 atom stereocenters. The van der Waals surface area contributed by atoms with Crippen LogP contribution in [0.15, 0.2) is 0 Å². The number of hydrogen-bond acceptors (Lipinski definition) is 5. The maximum absolute atomic E-state index is 12.5. The van der Waals surface area contributed by atoms with Gasteiger partial charge in [-0.2, -0.15) is 0 Å². The van der Waals surface area contributed by atoms with Gasteiger partial charge in [0.15, 0.2) is 0 Å². The first-order valence-electron chi connectivity index (χ1n) is 9.24. The number of rotatable bonds is 4. The first kappa shape index (κ1) is 18.3. The third kappa shape index (κ3) is 4.77. The second kappa shape index (κ2) is 7.40. The number of nitrogens with one attached hydrogen (secondary N) is 1. The van der Waals surface area contributed by atoms with Crippen LogP contribution < -0.4 is 5.32 Å². The third-order valence-corrected chi connectivity index (χ3v) is 5.76. The van der Waals surface area contributed by atoms with E-state index >= 15 is 0 Å². The Balaban J connectivity index is 1.56. The topological polar surface area (TPSA) is 75.2 Å². The summed E-state index contributed by atoms with van der Waals surface area (Å²) >= 11 is 1.42. The SMILES string of the molecule is CC(C)(C)Cc1nnc(NC(=O)[C@H]2CC(=O)N(C3CCCCC3)C2)s1. The molecule has 0 aromatic carbocycles. The molecule has 6 nitrogen and oxygen atoms in total. The number of likely N-dealkylation sites (tertiary alicyclic amines) is 1. The largest absolute Gasteiger partial charge is 0.339 e. The van der Waals surface area contributed by atoms with Crippen molar-refractivity contribution in [2.24, 2.45) is 11.3 Å². The molecular formula is C18H28N4O2S. The summed E-state index contributed by atoms with van der Waals surface area (Å²) in [6.45, 7) is 6.99. The molecule has 25 heavy (non-hydrogen) atoms. The van der Waals surface area contributed by atoms with Gasteiger partial charge in [0.2, 0.25) is 16.9 Å². The summed E-state index contributed by atoms with van der Waals surface area (Å²) in [7, 11) is 0. The third-order valence-electron chi connectivity index (χ3n) is 4.92. The minimum Gasteiger partial charge on any atom is -0.339 e. The Morgan fingerprint density at radius 3 is 2.64 bits per heavy atom. The van der Waals surface area contributed by atoms with Gasteiger partial charge in [-0.15, -0.1) is 10.2 Å². The molecule has 0 radical (unpaired) electrons. The van der Waals surface area contributed by atoms with Gasteiger partial charge in [-0.1, -0.05) is 51.4 Å². The molecule has 138 valence electrons. The van der Waals surface area contributed by atoms with E-state index in [2.05, 4.69) is 36.3 Å². The molecule has 7 heteroatoms. The summed E-state index contributed by atoms with van der Waals surface area (Å²) in [5, 5.41) is 12.6. The van der Waals surface area contributed by atoms with Crippen molar-refractivity contribution in [3.8, 4) is 0 Å². The van der Waals surface area contributed by atoms with Crippen molar-refractivity contribution >= 4 is 28.3 Å². The predicted octanol–water partition coefficient (Wildman–Crippen LogP) is 3.25. The van der Waals surface area contributed by atoms with Crippen LogP contribution in [-0.4, -0.2) is 39.5 Å². The van der Waals surface area contributed by atoms with Crippen LogP contribution in [0.1, 0.15) is 64.3 Å². The van der Waals surface area contributed by atoms with Gasteiger partial charge >= 0.3 is 0 Å². The highest BCUT2D eigenvalue weighted by Gasteiger charge is 2.38. The second-order valence-corrected chi connectivity index (χ2v) is 9.53. The molecule has 1 saturated heterocycles. The summed E-state index contributed by atoms with van der Waals surface area (Å²) in [6, 6.07) is 0.332. The number of amides is 2. The number of anilines is 1. The van der Waals surface area contributed by atoms with Crippen LogP contribution >= 0.6 is 11.3 Å². The maximum Gasteiger partial charge on any atom is 0.231 e. The molecule has 0 unspecified atom stereocenters. The van der Waals surface area contributed by atoms with Crippen LogP contribution in [0.3, 0.4) is 0 Å². The zero-order valence-corrected chi connectivity index (χ0v) is 16.2. The summed E-state index contributed by atoms with van der Waals surface area (Å²) in [6.07, 6.45) is 6.93. The van der Waals surface area contributed by atoms with E-state index in [1.54, 1.807) is 0 Å². The molecule has 1 N–H and O–H groups in total. The summed E-state index contributed by atoms with van der Waals surface area (Å²) < 4.78 is 0. The lowest BCUT2D eigenvalue weighted by Gasteiger charge is -2.31. The number of hydrogen-bond donors (Lipinski definition) is 1. The molecule has 1 saturated carbocycles. The van der Waals surface area contributed by atoms with Crippen LogP contribution in [0.5, 0.6) is 0 Å². The zero-order chi connectivity index (χ0) is 18.0. The van der Waals surface area contributed by atoms with Crippen LogP contribution in [0.2, 0.25) is 0 Å². The monoisotopic (exact) mass is 364 g/mol. The van der Waals surface area contributed by atoms with E-state index in [4.69, 9.17) is 0 Å². The quantitative estimate of drug-likeness (QED) is 0.890. The van der Waals surface area contributed by atoms with Crippen molar-refractivity contribution in [3.05, 3.63) is 5.01 Å². The Kier molecular flexibility index (Phi) is 5.41. The summed E-state index contributed by atoms with van der Waals surface area (Å²) in [5.41, 5.74) is 0.138. The first-order valence-corrected chi connectivity index (χ1v) is 10.1. The Hall–Kier alpha value is -1.50. The van der Waals surface area contributed by atoms with E-state index in [9.17, 15) is 9.59 Å². The van der Waals surface area contributed by atoms with Crippen molar-refractivity contribution in [3.63, 3.8) is 0 Å². The fourth-order valence-electron chi connectivity index (χ4n) is 3.69. The lowest BCUT2D eigenvalue weighted by Crippen LogP contribution is -2.38. The van der Waals surface area contributed by atoms with Crippen molar-refractivity contribution in [2.45, 2.75) is 71.8 Å². The average molecular weight is 365 g/mol. The highest BCUT2D eigenvalue weighted by molar-refractivity contribution is 7.15. The van der Waals surface area contributed by atoms with E-state index in [1.165, 1.54) is 30.6 Å². The van der Waals surface area contributed by atoms with Gasteiger partial charge in [0.05, 0.1) is 5.92 Å². The van der Waals surface area contributed by atoms with E-state index in [0.717, 1.165) is 24.3 Å². The van der Waals surface area contributed by atoms with Gasteiger partial charge in [-0.05, 0) is 18.3 Å². The summed E-state index contributed by atoms with van der Waals surface area (Å²) in [5.74, 6) is -0.257. The van der Waals surface area contributed by atoms with Crippen LogP contribution in [-0.2, 0) is 16.0 Å². The molecule has 0 bridgehead atoms. The number of carbonyl (C=O) groups excluding carboxylic acids is 2. The molecular weight excluding hydrogens is 336 g/mol. The predicted molar refractivity (Wildman–Crippen MR) is 98.4 cm³/mol. The van der Waals surface area contributed by atoms with Crippen molar-refractivity contribution < 1.29 is 9.59 Å². The number of nitrogens with zero attached hydrogens (tertiary/aromatic N) is 3. The Labute approximate surface area is 153 Å². The minimum absolute atomic E-state index is 0.106. The molecule has 3 rings (SSSR count). The summed E-state index contributed by atoms with van der Waals surface area (Å²) in [4.78, 5) is 26.8. The van der Waals surface area contributed by atoms with Crippen molar-refractivity contribution in [2.75, 3.05) is 11.9 Å². The smallest absolute Gasteiger partial charge is 0.231 e. The van der Waals surface area contributed by atoms with Crippen molar-refractivity contribution in [1.82, 2.24) is 15.1 Å². The number of carbonyl (C=O) groups is 2. The van der Waals surface area contributed by atoms with E-state index in [1.807, 2.05) is 4.90 Å². The Morgan fingerprint density at radius 2 is 1.96 bits per heavy atom. The van der Waals surface area contributed by atoms with E-state index in [-0.39, 0.29) is 23.1 Å². The van der Waals surface area contributed by atoms with Gasteiger partial charge in [-0.3, -0.25) is 9.59 Å². The van der Waals surface area contributed by atoms with E-state index in [0.29, 0.717) is 24.1 Å². The lowest BCUT2D eigenvalue weighted by molar-refractivity contribution is -0.130. The highest BCUT2D eigenvalue weighted by Crippen LogP contribution is 2.30. The first-order chi connectivity index (χ1) is 11.8.